The average molecular weight is 709 g/mol. The summed E-state index contributed by atoms with van der Waals surface area (Å²) in [6.45, 7) is 16.8. The van der Waals surface area contributed by atoms with Crippen molar-refractivity contribution in [1.82, 2.24) is 0 Å². The molecule has 0 heterocycles. The van der Waals surface area contributed by atoms with Gasteiger partial charge in [-0.2, -0.15) is 0 Å². The van der Waals surface area contributed by atoms with Crippen molar-refractivity contribution in [2.75, 3.05) is 9.80 Å². The quantitative estimate of drug-likeness (QED) is 0.145. The van der Waals surface area contributed by atoms with E-state index < -0.39 is 16.1 Å². The van der Waals surface area contributed by atoms with E-state index in [2.05, 4.69) is 208 Å². The zero-order valence-electron chi connectivity index (χ0n) is 31.5. The van der Waals surface area contributed by atoms with Gasteiger partial charge in [-0.05, 0) is 113 Å². The van der Waals surface area contributed by atoms with Gasteiger partial charge in [0.2, 0.25) is 0 Å². The Morgan fingerprint density at radius 2 is 0.942 bits per heavy atom. The maximum Gasteiger partial charge on any atom is 0.0775 e. The maximum absolute atomic E-state index is 2.47. The Kier molecular flexibility index (Phi) is 8.56. The molecule has 0 spiro atoms. The van der Waals surface area contributed by atoms with Crippen molar-refractivity contribution in [1.29, 1.82) is 0 Å². The molecule has 1 aliphatic carbocycles. The number of anilines is 6. The van der Waals surface area contributed by atoms with Crippen LogP contribution in [0.1, 0.15) is 16.7 Å². The van der Waals surface area contributed by atoms with Crippen LogP contribution in [0.3, 0.4) is 0 Å². The van der Waals surface area contributed by atoms with E-state index in [-0.39, 0.29) is 0 Å². The molecule has 8 rings (SSSR count). The van der Waals surface area contributed by atoms with Gasteiger partial charge < -0.3 is 9.80 Å². The van der Waals surface area contributed by atoms with Crippen LogP contribution in [-0.2, 0) is 6.42 Å². The van der Waals surface area contributed by atoms with Crippen molar-refractivity contribution in [2.45, 2.75) is 52.6 Å². The second kappa shape index (κ2) is 13.1. The van der Waals surface area contributed by atoms with Crippen LogP contribution in [-0.4, -0.2) is 16.1 Å². The van der Waals surface area contributed by atoms with Gasteiger partial charge in [0.05, 0.1) is 21.8 Å². The second-order valence-corrected chi connectivity index (χ2v) is 26.5. The smallest absolute Gasteiger partial charge is 0.0775 e. The number of rotatable bonds is 8. The summed E-state index contributed by atoms with van der Waals surface area (Å²) in [7, 11) is -2.85. The normalized spacial score (nSPS) is 12.4. The van der Waals surface area contributed by atoms with Crippen molar-refractivity contribution in [3.63, 3.8) is 0 Å². The molecule has 0 N–H and O–H groups in total. The number of para-hydroxylation sites is 2. The SMILES string of the molecule is Cc1cccc2c(N(c3ccccc3)c3ccc([Si](C)(C)C)cc3)cc3c(c12)-c1ccc(N(c2ccccc2)c2ccc([Si](C)(C)C)cc2)cc1C3. The van der Waals surface area contributed by atoms with Crippen LogP contribution < -0.4 is 20.2 Å². The summed E-state index contributed by atoms with van der Waals surface area (Å²) < 4.78 is 0. The molecule has 0 bridgehead atoms. The van der Waals surface area contributed by atoms with E-state index in [4.69, 9.17) is 0 Å². The van der Waals surface area contributed by atoms with Crippen molar-refractivity contribution in [2.24, 2.45) is 0 Å². The molecule has 0 aliphatic heterocycles. The Labute approximate surface area is 312 Å². The zero-order chi connectivity index (χ0) is 36.2. The van der Waals surface area contributed by atoms with E-state index in [9.17, 15) is 0 Å². The molecule has 1 aliphatic rings. The Bertz CT molecular complexity index is 2390. The van der Waals surface area contributed by atoms with Crippen LogP contribution in [0.25, 0.3) is 21.9 Å². The van der Waals surface area contributed by atoms with Crippen molar-refractivity contribution < 1.29 is 0 Å². The number of aryl methyl sites for hydroxylation is 1. The molecule has 0 fully saturated rings. The largest absolute Gasteiger partial charge is 0.310 e. The molecule has 0 radical (unpaired) electrons. The van der Waals surface area contributed by atoms with Gasteiger partial charge in [0.25, 0.3) is 0 Å². The summed E-state index contributed by atoms with van der Waals surface area (Å²) in [6.07, 6.45) is 0.893. The van der Waals surface area contributed by atoms with Crippen LogP contribution >= 0.6 is 0 Å². The number of benzene rings is 7. The van der Waals surface area contributed by atoms with Gasteiger partial charge in [-0.3, -0.25) is 0 Å². The Balaban J connectivity index is 1.27. The first-order valence-corrected chi connectivity index (χ1v) is 25.6. The number of hydrogen-bond donors (Lipinski definition) is 0. The van der Waals surface area contributed by atoms with E-state index in [0.29, 0.717) is 0 Å². The predicted molar refractivity (Wildman–Crippen MR) is 232 cm³/mol. The lowest BCUT2D eigenvalue weighted by atomic mass is 9.92. The highest BCUT2D eigenvalue weighted by molar-refractivity contribution is 6.89. The van der Waals surface area contributed by atoms with Crippen molar-refractivity contribution >= 4 is 71.4 Å². The molecule has 0 saturated heterocycles. The standard InChI is InChI=1S/C48H48N2Si2/c1-34-15-14-20-45-46(50(38-18-12-9-13-19-38)40-23-28-43(29-24-40)52(5,6)7)33-36-31-35-32-41(25-30-44(35)48(36)47(34)45)49(37-16-10-8-11-17-37)39-21-26-42(27-22-39)51(2,3)4/h8-30,32-33H,31H2,1-7H3. The summed E-state index contributed by atoms with van der Waals surface area (Å²) in [6, 6.07) is 56.7. The fourth-order valence-corrected chi connectivity index (χ4v) is 10.2. The number of fused-ring (bicyclic) bond motifs is 5. The first-order valence-electron chi connectivity index (χ1n) is 18.6. The van der Waals surface area contributed by atoms with Crippen LogP contribution in [0.15, 0.2) is 152 Å². The Morgan fingerprint density at radius 3 is 1.50 bits per heavy atom. The van der Waals surface area contributed by atoms with E-state index in [1.807, 2.05) is 0 Å². The predicted octanol–water partition coefficient (Wildman–Crippen LogP) is 12.7. The lowest BCUT2D eigenvalue weighted by molar-refractivity contribution is 1.22. The van der Waals surface area contributed by atoms with E-state index in [1.54, 1.807) is 0 Å². The van der Waals surface area contributed by atoms with Gasteiger partial charge in [-0.25, -0.2) is 0 Å². The van der Waals surface area contributed by atoms with Gasteiger partial charge in [-0.1, -0.05) is 135 Å². The minimum atomic E-state index is -1.44. The van der Waals surface area contributed by atoms with E-state index in [1.165, 1.54) is 83.1 Å². The fraction of sp³-hybridized carbons (Fsp3) is 0.167. The van der Waals surface area contributed by atoms with Crippen LogP contribution in [0.4, 0.5) is 34.1 Å². The summed E-state index contributed by atoms with van der Waals surface area (Å²) >= 11 is 0. The van der Waals surface area contributed by atoms with Gasteiger partial charge >= 0.3 is 0 Å². The van der Waals surface area contributed by atoms with E-state index in [0.717, 1.165) is 6.42 Å². The van der Waals surface area contributed by atoms with Crippen LogP contribution in [0.2, 0.25) is 39.3 Å². The molecule has 258 valence electrons. The topological polar surface area (TPSA) is 6.48 Å². The van der Waals surface area contributed by atoms with Gasteiger partial charge in [-0.15, -0.1) is 0 Å². The molecule has 7 aromatic carbocycles. The molecular formula is C48H48N2Si2. The third-order valence-electron chi connectivity index (χ3n) is 10.7. The fourth-order valence-electron chi connectivity index (χ4n) is 7.88. The molecule has 7 aromatic rings. The first-order chi connectivity index (χ1) is 25.0. The monoisotopic (exact) mass is 708 g/mol. The van der Waals surface area contributed by atoms with Gasteiger partial charge in [0, 0.05) is 33.8 Å². The summed E-state index contributed by atoms with van der Waals surface area (Å²) in [5, 5.41) is 5.58. The third-order valence-corrected chi connectivity index (χ3v) is 14.8. The number of nitrogens with zero attached hydrogens (tertiary/aromatic N) is 2. The average Bonchev–Trinajstić information content (AvgIpc) is 3.50. The Hall–Kier alpha value is -5.17. The molecule has 0 saturated carbocycles. The highest BCUT2D eigenvalue weighted by Crippen LogP contribution is 2.50. The molecule has 2 nitrogen and oxygen atoms in total. The highest BCUT2D eigenvalue weighted by atomic mass is 28.3. The van der Waals surface area contributed by atoms with E-state index >= 15 is 0 Å². The molecule has 0 aromatic heterocycles. The molecule has 0 unspecified atom stereocenters. The molecular weight excluding hydrogens is 661 g/mol. The van der Waals surface area contributed by atoms with Crippen molar-refractivity contribution in [3.05, 3.63) is 168 Å². The van der Waals surface area contributed by atoms with Crippen LogP contribution in [0.5, 0.6) is 0 Å². The number of hydrogen-bond acceptors (Lipinski definition) is 2. The highest BCUT2D eigenvalue weighted by Gasteiger charge is 2.28. The second-order valence-electron chi connectivity index (χ2n) is 16.4. The van der Waals surface area contributed by atoms with Gasteiger partial charge in [0.15, 0.2) is 0 Å². The molecule has 0 atom stereocenters. The maximum atomic E-state index is 2.47. The Morgan fingerprint density at radius 1 is 0.442 bits per heavy atom. The van der Waals surface area contributed by atoms with Gasteiger partial charge in [0.1, 0.15) is 0 Å². The summed E-state index contributed by atoms with van der Waals surface area (Å²) in [4.78, 5) is 4.87. The third kappa shape index (κ3) is 6.20. The molecule has 4 heteroatoms. The lowest BCUT2D eigenvalue weighted by Gasteiger charge is -2.29. The lowest BCUT2D eigenvalue weighted by Crippen LogP contribution is -2.37. The molecule has 0 amide bonds. The van der Waals surface area contributed by atoms with Crippen LogP contribution in [0, 0.1) is 6.92 Å². The minimum absolute atomic E-state index is 0.893. The first kappa shape index (κ1) is 33.9. The summed E-state index contributed by atoms with van der Waals surface area (Å²) in [5.74, 6) is 0. The van der Waals surface area contributed by atoms with Crippen molar-refractivity contribution in [3.8, 4) is 11.1 Å². The zero-order valence-corrected chi connectivity index (χ0v) is 33.5. The minimum Gasteiger partial charge on any atom is -0.310 e. The molecule has 52 heavy (non-hydrogen) atoms. The summed E-state index contributed by atoms with van der Waals surface area (Å²) in [5.41, 5.74) is 13.9.